The first-order valence-corrected chi connectivity index (χ1v) is 11.0. The summed E-state index contributed by atoms with van der Waals surface area (Å²) in [5, 5.41) is 7.60. The third-order valence-electron chi connectivity index (χ3n) is 4.85. The van der Waals surface area contributed by atoms with Crippen molar-refractivity contribution in [2.45, 2.75) is 19.3 Å². The first kappa shape index (κ1) is 29.7. The van der Waals surface area contributed by atoms with Crippen LogP contribution in [0.3, 0.4) is 0 Å². The number of esters is 2. The van der Waals surface area contributed by atoms with Gasteiger partial charge in [0.2, 0.25) is 0 Å². The van der Waals surface area contributed by atoms with E-state index in [2.05, 4.69) is 33.6 Å². The average Bonchev–Trinajstić information content (AvgIpc) is 2.89. The summed E-state index contributed by atoms with van der Waals surface area (Å²) in [4.78, 5) is 31.3. The van der Waals surface area contributed by atoms with Crippen LogP contribution in [0.5, 0.6) is 11.5 Å². The van der Waals surface area contributed by atoms with Crippen LogP contribution in [0.2, 0.25) is 0 Å². The standard InChI is InChI=1S/C25H28O6.C3H4O2/c1-5-23(26)30-17-15-28-21-11-7-19(8-12-21)25(3,4)20-9-13-22(14-10-20)29-16-18-31-24(27)6-2;1-2-3(4)5/h5-14H,1-2,15-18H2,3-4H3;2H,1H2,(H,4,5). The molecule has 0 heterocycles. The van der Waals surface area contributed by atoms with Crippen molar-refractivity contribution in [2.75, 3.05) is 26.4 Å². The molecule has 0 aliphatic rings. The summed E-state index contributed by atoms with van der Waals surface area (Å²) in [5.41, 5.74) is 2.03. The lowest BCUT2D eigenvalue weighted by Gasteiger charge is -2.26. The van der Waals surface area contributed by atoms with E-state index in [4.69, 9.17) is 24.1 Å². The lowest BCUT2D eigenvalue weighted by atomic mass is 9.78. The van der Waals surface area contributed by atoms with Crippen molar-refractivity contribution < 1.29 is 38.4 Å². The van der Waals surface area contributed by atoms with Crippen LogP contribution in [0.4, 0.5) is 0 Å². The van der Waals surface area contributed by atoms with E-state index in [0.29, 0.717) is 11.5 Å². The summed E-state index contributed by atoms with van der Waals surface area (Å²) in [6, 6.07) is 15.7. The Morgan fingerprint density at radius 3 is 1.31 bits per heavy atom. The fraction of sp³-hybridized carbons (Fsp3) is 0.250. The molecule has 2 aromatic carbocycles. The Bertz CT molecular complexity index is 947. The van der Waals surface area contributed by atoms with Gasteiger partial charge in [-0.15, -0.1) is 0 Å². The van der Waals surface area contributed by atoms with Crippen molar-refractivity contribution >= 4 is 17.9 Å². The maximum atomic E-state index is 11.0. The fourth-order valence-electron chi connectivity index (χ4n) is 2.82. The maximum Gasteiger partial charge on any atom is 0.330 e. The molecule has 8 nitrogen and oxygen atoms in total. The Labute approximate surface area is 211 Å². The highest BCUT2D eigenvalue weighted by atomic mass is 16.6. The Morgan fingerprint density at radius 1 is 0.694 bits per heavy atom. The van der Waals surface area contributed by atoms with Gasteiger partial charge in [0.1, 0.15) is 37.9 Å². The van der Waals surface area contributed by atoms with Gasteiger partial charge in [0.05, 0.1) is 0 Å². The molecule has 0 bridgehead atoms. The van der Waals surface area contributed by atoms with Crippen LogP contribution in [-0.4, -0.2) is 49.4 Å². The second-order valence-corrected chi connectivity index (χ2v) is 7.66. The molecule has 0 aromatic heterocycles. The van der Waals surface area contributed by atoms with Gasteiger partial charge in [-0.25, -0.2) is 14.4 Å². The highest BCUT2D eigenvalue weighted by molar-refractivity contribution is 5.81. The molecule has 0 spiro atoms. The predicted octanol–water partition coefficient (Wildman–Crippen LogP) is 4.49. The van der Waals surface area contributed by atoms with Gasteiger partial charge in [-0.1, -0.05) is 57.8 Å². The van der Waals surface area contributed by atoms with E-state index in [9.17, 15) is 14.4 Å². The summed E-state index contributed by atoms with van der Waals surface area (Å²) >= 11 is 0. The topological polar surface area (TPSA) is 108 Å². The number of ether oxygens (including phenoxy) is 4. The summed E-state index contributed by atoms with van der Waals surface area (Å²) in [6.45, 7) is 14.8. The van der Waals surface area contributed by atoms with Crippen LogP contribution in [0, 0.1) is 0 Å². The smallest absolute Gasteiger partial charge is 0.330 e. The Balaban J connectivity index is 0.00000118. The summed E-state index contributed by atoms with van der Waals surface area (Å²) < 4.78 is 21.0. The Hall–Kier alpha value is -4.33. The molecule has 0 radical (unpaired) electrons. The molecule has 2 rings (SSSR count). The molecule has 0 saturated heterocycles. The number of hydrogen-bond donors (Lipinski definition) is 1. The normalized spacial score (nSPS) is 10.1. The Morgan fingerprint density at radius 2 is 1.03 bits per heavy atom. The van der Waals surface area contributed by atoms with Crippen LogP contribution in [0.25, 0.3) is 0 Å². The second kappa shape index (κ2) is 15.5. The van der Waals surface area contributed by atoms with E-state index in [0.717, 1.165) is 29.4 Å². The zero-order valence-corrected chi connectivity index (χ0v) is 20.6. The van der Waals surface area contributed by atoms with Crippen LogP contribution >= 0.6 is 0 Å². The van der Waals surface area contributed by atoms with Gasteiger partial charge >= 0.3 is 17.9 Å². The van der Waals surface area contributed by atoms with Crippen molar-refractivity contribution in [1.82, 2.24) is 0 Å². The van der Waals surface area contributed by atoms with Crippen molar-refractivity contribution in [3.63, 3.8) is 0 Å². The van der Waals surface area contributed by atoms with Gasteiger partial charge in [-0.3, -0.25) is 0 Å². The predicted molar refractivity (Wildman–Crippen MR) is 136 cm³/mol. The molecule has 0 fully saturated rings. The Kier molecular flexibility index (Phi) is 12.8. The third kappa shape index (κ3) is 10.7. The van der Waals surface area contributed by atoms with Crippen LogP contribution in [0.15, 0.2) is 86.5 Å². The molecule has 36 heavy (non-hydrogen) atoms. The zero-order valence-electron chi connectivity index (χ0n) is 20.6. The van der Waals surface area contributed by atoms with Gasteiger partial charge in [-0.2, -0.15) is 0 Å². The minimum atomic E-state index is -0.981. The van der Waals surface area contributed by atoms with Crippen LogP contribution in [0.1, 0.15) is 25.0 Å². The van der Waals surface area contributed by atoms with Gasteiger partial charge in [0.15, 0.2) is 0 Å². The lowest BCUT2D eigenvalue weighted by Crippen LogP contribution is -2.19. The molecule has 8 heteroatoms. The third-order valence-corrected chi connectivity index (χ3v) is 4.85. The molecule has 0 aliphatic heterocycles. The molecule has 0 aliphatic carbocycles. The van der Waals surface area contributed by atoms with Crippen LogP contribution in [-0.2, 0) is 29.3 Å². The highest BCUT2D eigenvalue weighted by Gasteiger charge is 2.23. The van der Waals surface area contributed by atoms with Crippen molar-refractivity contribution in [2.24, 2.45) is 0 Å². The molecule has 2 aromatic rings. The van der Waals surface area contributed by atoms with Gasteiger partial charge in [-0.05, 0) is 35.4 Å². The molecule has 1 N–H and O–H groups in total. The number of rotatable bonds is 13. The van der Waals surface area contributed by atoms with Crippen molar-refractivity contribution in [1.29, 1.82) is 0 Å². The van der Waals surface area contributed by atoms with Crippen molar-refractivity contribution in [3.8, 4) is 11.5 Å². The molecule has 0 saturated carbocycles. The summed E-state index contributed by atoms with van der Waals surface area (Å²) in [6.07, 6.45) is 3.08. The van der Waals surface area contributed by atoms with E-state index in [-0.39, 0.29) is 31.8 Å². The van der Waals surface area contributed by atoms with E-state index < -0.39 is 17.9 Å². The lowest BCUT2D eigenvalue weighted by molar-refractivity contribution is -0.139. The van der Waals surface area contributed by atoms with Gasteiger partial charge in [0, 0.05) is 23.6 Å². The highest BCUT2D eigenvalue weighted by Crippen LogP contribution is 2.33. The summed E-state index contributed by atoms with van der Waals surface area (Å²) in [7, 11) is 0. The van der Waals surface area contributed by atoms with Gasteiger partial charge < -0.3 is 24.1 Å². The zero-order chi connectivity index (χ0) is 27.0. The molecular formula is C28H32O8. The minimum absolute atomic E-state index is 0.170. The van der Waals surface area contributed by atoms with E-state index in [1.807, 2.05) is 48.5 Å². The monoisotopic (exact) mass is 496 g/mol. The SMILES string of the molecule is C=CC(=O)O.C=CC(=O)OCCOc1ccc(C(C)(C)c2ccc(OCCOC(=O)C=C)cc2)cc1. The quantitative estimate of drug-likeness (QED) is 0.246. The molecule has 0 unspecified atom stereocenters. The fourth-order valence-corrected chi connectivity index (χ4v) is 2.82. The number of hydrogen-bond acceptors (Lipinski definition) is 7. The van der Waals surface area contributed by atoms with Gasteiger partial charge in [0.25, 0.3) is 0 Å². The first-order valence-electron chi connectivity index (χ1n) is 11.0. The van der Waals surface area contributed by atoms with Crippen molar-refractivity contribution in [3.05, 3.63) is 97.6 Å². The minimum Gasteiger partial charge on any atom is -0.490 e. The molecule has 0 amide bonds. The summed E-state index contributed by atoms with van der Waals surface area (Å²) in [5.74, 6) is -0.503. The van der Waals surface area contributed by atoms with E-state index in [1.165, 1.54) is 0 Å². The average molecular weight is 497 g/mol. The maximum absolute atomic E-state index is 11.0. The largest absolute Gasteiger partial charge is 0.490 e. The van der Waals surface area contributed by atoms with E-state index >= 15 is 0 Å². The number of carboxylic acids is 1. The number of carbonyl (C=O) groups is 3. The second-order valence-electron chi connectivity index (χ2n) is 7.66. The van der Waals surface area contributed by atoms with Crippen LogP contribution < -0.4 is 9.47 Å². The van der Waals surface area contributed by atoms with E-state index in [1.54, 1.807) is 0 Å². The first-order chi connectivity index (χ1) is 17.1. The molecular weight excluding hydrogens is 464 g/mol. The number of carbonyl (C=O) groups excluding carboxylic acids is 2. The molecule has 192 valence electrons. The molecule has 0 atom stereocenters. The number of benzene rings is 2. The number of carboxylic acid groups (broad SMARTS) is 1. The number of aliphatic carboxylic acids is 1.